The van der Waals surface area contributed by atoms with Gasteiger partial charge in [0, 0.05) is 49.5 Å². The van der Waals surface area contributed by atoms with Gasteiger partial charge in [-0.15, -0.1) is 5.10 Å². The van der Waals surface area contributed by atoms with Gasteiger partial charge in [-0.05, 0) is 126 Å². The van der Waals surface area contributed by atoms with Gasteiger partial charge >= 0.3 is 12.1 Å². The van der Waals surface area contributed by atoms with Crippen molar-refractivity contribution in [3.63, 3.8) is 0 Å². The van der Waals surface area contributed by atoms with Crippen LogP contribution in [0.25, 0.3) is 11.3 Å². The number of aliphatic hydroxyl groups is 1. The van der Waals surface area contributed by atoms with E-state index in [2.05, 4.69) is 27.5 Å². The highest BCUT2D eigenvalue weighted by atomic mass is 16.7. The highest BCUT2D eigenvalue weighted by Crippen LogP contribution is 2.41. The monoisotopic (exact) mass is 885 g/mol. The fraction of sp³-hybridized carbons (Fsp3) is 0.761. The molecule has 3 aliphatic heterocycles. The van der Waals surface area contributed by atoms with Gasteiger partial charge < -0.3 is 49.6 Å². The summed E-state index contributed by atoms with van der Waals surface area (Å²) >= 11 is 0. The molecule has 4 N–H and O–H groups in total. The number of ether oxygens (including phenoxy) is 5. The molecule has 3 saturated heterocycles. The second-order valence-corrected chi connectivity index (χ2v) is 19.2. The topological polar surface area (TPSA) is 196 Å². The van der Waals surface area contributed by atoms with Crippen molar-refractivity contribution in [3.8, 4) is 11.3 Å². The Balaban J connectivity index is 1.45. The van der Waals surface area contributed by atoms with Crippen LogP contribution in [0.1, 0.15) is 87.0 Å². The summed E-state index contributed by atoms with van der Waals surface area (Å²) in [6.07, 6.45) is 0.785. The smallest absolute Gasteiger partial charge is 0.410 e. The van der Waals surface area contributed by atoms with E-state index in [0.717, 1.165) is 11.3 Å². The number of nitrogens with zero attached hydrogens (tertiary/aromatic N) is 6. The molecule has 13 atom stereocenters. The summed E-state index contributed by atoms with van der Waals surface area (Å²) in [7, 11) is 9.44. The number of carbonyl (C=O) groups excluding carboxylic acids is 3. The lowest BCUT2D eigenvalue weighted by Gasteiger charge is -2.46. The van der Waals surface area contributed by atoms with Crippen LogP contribution in [0.15, 0.2) is 30.5 Å². The van der Waals surface area contributed by atoms with E-state index in [1.54, 1.807) is 30.5 Å². The summed E-state index contributed by atoms with van der Waals surface area (Å²) in [5.41, 5.74) is 5.93. The molecule has 2 aromatic rings. The van der Waals surface area contributed by atoms with Crippen LogP contribution >= 0.6 is 0 Å². The number of benzene rings is 1. The number of cyclic esters (lactones) is 1. The van der Waals surface area contributed by atoms with Gasteiger partial charge in [0.05, 0.1) is 30.0 Å². The third kappa shape index (κ3) is 11.8. The minimum Gasteiger partial charge on any atom is -0.458 e. The Morgan fingerprint density at radius 2 is 1.78 bits per heavy atom. The van der Waals surface area contributed by atoms with Gasteiger partial charge in [0.2, 0.25) is 0 Å². The number of esters is 1. The van der Waals surface area contributed by atoms with E-state index in [0.29, 0.717) is 70.4 Å². The van der Waals surface area contributed by atoms with E-state index in [9.17, 15) is 19.5 Å². The lowest BCUT2D eigenvalue weighted by atomic mass is 9.78. The van der Waals surface area contributed by atoms with Crippen molar-refractivity contribution >= 4 is 23.5 Å². The molecule has 0 aliphatic carbocycles. The molecule has 5 rings (SSSR count). The first kappa shape index (κ1) is 50.3. The highest BCUT2D eigenvalue weighted by molar-refractivity contribution is 6.00. The third-order valence-corrected chi connectivity index (χ3v) is 13.5. The maximum Gasteiger partial charge on any atom is 0.410 e. The Morgan fingerprint density at radius 1 is 1.06 bits per heavy atom. The number of nitrogen functional groups attached to an aromatic ring is 1. The number of carbonyl (C=O) groups is 3. The number of methoxy groups -OCH3 is 1. The summed E-state index contributed by atoms with van der Waals surface area (Å²) in [6.45, 7) is 15.2. The Bertz CT molecular complexity index is 1830. The molecular weight excluding hydrogens is 809 g/mol. The van der Waals surface area contributed by atoms with Crippen molar-refractivity contribution in [1.29, 1.82) is 0 Å². The number of hydrogen-bond acceptors (Lipinski definition) is 15. The van der Waals surface area contributed by atoms with E-state index in [4.69, 9.17) is 29.4 Å². The molecule has 1 amide bonds. The van der Waals surface area contributed by atoms with Crippen LogP contribution in [-0.2, 0) is 39.8 Å². The van der Waals surface area contributed by atoms with Crippen LogP contribution in [-0.4, -0.2) is 168 Å². The maximum absolute atomic E-state index is 14.5. The largest absolute Gasteiger partial charge is 0.458 e. The van der Waals surface area contributed by atoms with E-state index in [1.807, 2.05) is 91.2 Å². The summed E-state index contributed by atoms with van der Waals surface area (Å²) in [5, 5.41) is 24.0. The van der Waals surface area contributed by atoms with E-state index >= 15 is 0 Å². The molecular formula is C46H76N8O9. The lowest BCUT2D eigenvalue weighted by molar-refractivity contribution is -0.295. The summed E-state index contributed by atoms with van der Waals surface area (Å²) in [4.78, 5) is 48.7. The summed E-state index contributed by atoms with van der Waals surface area (Å²) in [6, 6.07) is 6.46. The zero-order valence-corrected chi connectivity index (χ0v) is 39.8. The quantitative estimate of drug-likeness (QED) is 0.106. The number of anilines is 1. The Labute approximate surface area is 374 Å². The van der Waals surface area contributed by atoms with Gasteiger partial charge in [0.25, 0.3) is 0 Å². The van der Waals surface area contributed by atoms with Gasteiger partial charge in [0.15, 0.2) is 17.7 Å². The normalized spacial score (nSPS) is 35.0. The minimum absolute atomic E-state index is 0.0316. The number of rotatable bonds is 14. The zero-order chi connectivity index (χ0) is 46.4. The summed E-state index contributed by atoms with van der Waals surface area (Å²) in [5.74, 6) is -3.20. The number of nitrogens with one attached hydrogen (secondary N) is 1. The number of nitrogens with two attached hydrogens (primary N) is 1. The van der Waals surface area contributed by atoms with E-state index < -0.39 is 71.5 Å². The molecule has 354 valence electrons. The molecule has 0 bridgehead atoms. The molecule has 17 heteroatoms. The molecule has 3 fully saturated rings. The van der Waals surface area contributed by atoms with Gasteiger partial charge in [-0.2, -0.15) is 0 Å². The molecule has 0 radical (unpaired) electrons. The molecule has 3 unspecified atom stereocenters. The molecule has 63 heavy (non-hydrogen) atoms. The first-order chi connectivity index (χ1) is 29.7. The number of likely N-dealkylation sites (N-methyl/N-ethyl adjacent to an activating group) is 1. The highest BCUT2D eigenvalue weighted by Gasteiger charge is 2.59. The fourth-order valence-electron chi connectivity index (χ4n) is 9.93. The van der Waals surface area contributed by atoms with Crippen molar-refractivity contribution in [3.05, 3.63) is 30.5 Å². The number of hydrogen-bond donors (Lipinski definition) is 3. The van der Waals surface area contributed by atoms with Gasteiger partial charge in [-0.1, -0.05) is 38.1 Å². The second-order valence-electron chi connectivity index (χ2n) is 19.2. The number of ketones is 1. The molecule has 17 nitrogen and oxygen atoms in total. The van der Waals surface area contributed by atoms with Crippen LogP contribution in [0, 0.1) is 17.8 Å². The average molecular weight is 885 g/mol. The molecule has 1 aromatic carbocycles. The second kappa shape index (κ2) is 21.5. The molecule has 4 heterocycles. The van der Waals surface area contributed by atoms with Crippen LogP contribution in [0.4, 0.5) is 10.5 Å². The van der Waals surface area contributed by atoms with Crippen molar-refractivity contribution in [2.45, 2.75) is 154 Å². The molecule has 1 aromatic heterocycles. The number of Topliss-reactive ketones (excluding diaryl/α,β-unsaturated/α-hetero) is 1. The summed E-state index contributed by atoms with van der Waals surface area (Å²) < 4.78 is 33.7. The first-order valence-corrected chi connectivity index (χ1v) is 22.8. The predicted molar refractivity (Wildman–Crippen MR) is 239 cm³/mol. The van der Waals surface area contributed by atoms with Crippen LogP contribution in [0.5, 0.6) is 0 Å². The van der Waals surface area contributed by atoms with Gasteiger partial charge in [0.1, 0.15) is 23.8 Å². The number of aromatic nitrogens is 3. The Hall–Kier alpha value is -3.71. The zero-order valence-electron chi connectivity index (χ0n) is 39.8. The third-order valence-electron chi connectivity index (χ3n) is 13.5. The average Bonchev–Trinajstić information content (AvgIpc) is 3.81. The van der Waals surface area contributed by atoms with Crippen molar-refractivity contribution in [1.82, 2.24) is 35.0 Å². The SMILES string of the molecule is CC[C@H]1OC(=O)[C@H](C)C(=O)[C@H](C)[C@@H](O[C@@H]2OC(C)CC(N(C)C)C2O)[C@](C)(OC)C[C@@H](C)CN[C@H](CCN(C)C)[C@H]2N(CCCCn3cc(-c4cccc(N)c4)nn3)C(=O)O[C@]12C. The Morgan fingerprint density at radius 3 is 2.43 bits per heavy atom. The van der Waals surface area contributed by atoms with Gasteiger partial charge in [-0.3, -0.25) is 19.2 Å². The standard InChI is InChI=1S/C46H76N8O9/c1-13-37-46(7)40(54(44(58)63-46)21-15-14-20-53-27-35(49-50-53)32-17-16-18-33(47)24-32)34(19-22-51(8)9)48-26-28(2)25-45(6,59-12)41(30(4)38(55)31(5)42(57)61-37)62-43-39(56)36(52(10)11)23-29(3)60-43/h16-18,24,27-31,34,36-37,39-41,43,48,56H,13-15,19-23,25-26,47H2,1-12H3/t28-,29?,30+,31-,34-,36?,37-,39?,40-,41-,43+,45-,46-/m1/s1. The maximum atomic E-state index is 14.5. The predicted octanol–water partition coefficient (Wildman–Crippen LogP) is 4.22. The lowest BCUT2D eigenvalue weighted by Crippen LogP contribution is -2.62. The van der Waals surface area contributed by atoms with Crippen molar-refractivity contribution < 1.29 is 43.2 Å². The molecule has 0 spiro atoms. The number of aryl methyl sites for hydroxylation is 1. The minimum atomic E-state index is -1.26. The van der Waals surface area contributed by atoms with E-state index in [-0.39, 0.29) is 24.1 Å². The van der Waals surface area contributed by atoms with E-state index in [1.165, 1.54) is 0 Å². The van der Waals surface area contributed by atoms with Crippen LogP contribution < -0.4 is 11.1 Å². The molecule has 3 aliphatic rings. The van der Waals surface area contributed by atoms with Gasteiger partial charge in [-0.25, -0.2) is 4.79 Å². The van der Waals surface area contributed by atoms with Crippen molar-refractivity contribution in [2.24, 2.45) is 17.8 Å². The first-order valence-electron chi connectivity index (χ1n) is 22.8. The molecule has 0 saturated carbocycles. The number of aliphatic hydroxyl groups excluding tert-OH is 1. The van der Waals surface area contributed by atoms with Crippen LogP contribution in [0.2, 0.25) is 0 Å². The Kier molecular flexibility index (Phi) is 17.2. The fourth-order valence-corrected chi connectivity index (χ4v) is 9.93. The number of amides is 1. The van der Waals surface area contributed by atoms with Crippen molar-refractivity contribution in [2.75, 3.05) is 60.7 Å². The number of unbranched alkanes of at least 4 members (excludes halogenated alkanes) is 1. The number of fused-ring (bicyclic) bond motifs is 1. The van der Waals surface area contributed by atoms with Crippen LogP contribution in [0.3, 0.4) is 0 Å².